The molecule has 4 nitrogen and oxygen atoms in total. The topological polar surface area (TPSA) is 49.0 Å². The fourth-order valence-corrected chi connectivity index (χ4v) is 3.07. The van der Waals surface area contributed by atoms with Crippen LogP contribution in [0.15, 0.2) is 17.5 Å². The molecule has 82 valence electrons. The number of rotatable bonds is 1. The number of H-pyrrole nitrogens is 1. The van der Waals surface area contributed by atoms with E-state index in [9.17, 15) is 4.79 Å². The monoisotopic (exact) mass is 233 g/mol. The third-order valence-electron chi connectivity index (χ3n) is 2.99. The van der Waals surface area contributed by atoms with E-state index >= 15 is 0 Å². The summed E-state index contributed by atoms with van der Waals surface area (Å²) in [5.74, 6) is -0.00208. The molecule has 1 amide bonds. The van der Waals surface area contributed by atoms with Crippen molar-refractivity contribution in [2.45, 2.75) is 13.0 Å². The van der Waals surface area contributed by atoms with E-state index in [0.29, 0.717) is 5.69 Å². The van der Waals surface area contributed by atoms with Crippen molar-refractivity contribution < 1.29 is 4.79 Å². The van der Waals surface area contributed by atoms with Gasteiger partial charge in [0.2, 0.25) is 0 Å². The molecule has 3 heterocycles. The van der Waals surface area contributed by atoms with E-state index in [1.54, 1.807) is 16.2 Å². The highest BCUT2D eigenvalue weighted by molar-refractivity contribution is 7.10. The maximum Gasteiger partial charge on any atom is 0.275 e. The number of carbonyl (C=O) groups excluding carboxylic acids is 1. The minimum Gasteiger partial charge on any atom is -0.328 e. The zero-order chi connectivity index (χ0) is 11.3. The summed E-state index contributed by atoms with van der Waals surface area (Å²) in [6, 6.07) is 4.09. The van der Waals surface area contributed by atoms with Crippen LogP contribution in [0.5, 0.6) is 0 Å². The van der Waals surface area contributed by atoms with E-state index < -0.39 is 0 Å². The van der Waals surface area contributed by atoms with Gasteiger partial charge in [-0.05, 0) is 18.4 Å². The number of aromatic nitrogens is 2. The van der Waals surface area contributed by atoms with Crippen LogP contribution in [0.2, 0.25) is 0 Å². The van der Waals surface area contributed by atoms with E-state index in [1.165, 1.54) is 4.88 Å². The molecule has 0 radical (unpaired) electrons. The molecule has 0 aliphatic carbocycles. The van der Waals surface area contributed by atoms with E-state index in [0.717, 1.165) is 11.3 Å². The third kappa shape index (κ3) is 1.09. The number of carbonyl (C=O) groups is 1. The Bertz CT molecular complexity index is 544. The number of aryl methyl sites for hydroxylation is 1. The number of nitrogens with zero attached hydrogens (tertiary/aromatic N) is 2. The molecule has 0 saturated heterocycles. The lowest BCUT2D eigenvalue weighted by Gasteiger charge is -2.19. The molecular weight excluding hydrogens is 222 g/mol. The molecule has 0 bridgehead atoms. The summed E-state index contributed by atoms with van der Waals surface area (Å²) >= 11 is 1.67. The van der Waals surface area contributed by atoms with Gasteiger partial charge in [-0.25, -0.2) is 0 Å². The smallest absolute Gasteiger partial charge is 0.275 e. The first kappa shape index (κ1) is 9.59. The second-order valence-electron chi connectivity index (χ2n) is 3.94. The molecule has 1 N–H and O–H groups in total. The standard InChI is InChI=1S/C11H11N3OS/c1-6-8-9(13-12-6)11(15)14(2)10(8)7-4-3-5-16-7/h3-5,10H,1-2H3,(H,12,13). The van der Waals surface area contributed by atoms with Gasteiger partial charge in [0.1, 0.15) is 0 Å². The first-order valence-electron chi connectivity index (χ1n) is 5.05. The van der Waals surface area contributed by atoms with Gasteiger partial charge >= 0.3 is 0 Å². The summed E-state index contributed by atoms with van der Waals surface area (Å²) in [7, 11) is 1.83. The summed E-state index contributed by atoms with van der Waals surface area (Å²) in [6.45, 7) is 1.96. The molecule has 1 atom stereocenters. The largest absolute Gasteiger partial charge is 0.328 e. The van der Waals surface area contributed by atoms with Crippen LogP contribution in [0.4, 0.5) is 0 Å². The zero-order valence-electron chi connectivity index (χ0n) is 9.02. The van der Waals surface area contributed by atoms with Crippen LogP contribution < -0.4 is 0 Å². The van der Waals surface area contributed by atoms with Crippen LogP contribution in [0, 0.1) is 6.92 Å². The lowest BCUT2D eigenvalue weighted by atomic mass is 10.1. The van der Waals surface area contributed by atoms with E-state index in [-0.39, 0.29) is 11.9 Å². The average molecular weight is 233 g/mol. The lowest BCUT2D eigenvalue weighted by molar-refractivity contribution is 0.0789. The maximum absolute atomic E-state index is 12.0. The van der Waals surface area contributed by atoms with Gasteiger partial charge in [0.25, 0.3) is 5.91 Å². The number of aromatic amines is 1. The molecule has 0 fully saturated rings. The Kier molecular flexibility index (Phi) is 1.91. The second-order valence-corrected chi connectivity index (χ2v) is 4.92. The molecule has 5 heteroatoms. The van der Waals surface area contributed by atoms with E-state index in [1.807, 2.05) is 25.4 Å². The molecule has 1 aliphatic rings. The minimum absolute atomic E-state index is 0.00208. The van der Waals surface area contributed by atoms with Gasteiger partial charge in [0.15, 0.2) is 5.69 Å². The molecule has 2 aromatic heterocycles. The fraction of sp³-hybridized carbons (Fsp3) is 0.273. The normalized spacial score (nSPS) is 19.2. The van der Waals surface area contributed by atoms with Crippen LogP contribution in [-0.2, 0) is 0 Å². The summed E-state index contributed by atoms with van der Waals surface area (Å²) in [5, 5.41) is 8.99. The van der Waals surface area contributed by atoms with Crippen LogP contribution in [0.25, 0.3) is 0 Å². The first-order chi connectivity index (χ1) is 7.70. The number of thiophene rings is 1. The summed E-state index contributed by atoms with van der Waals surface area (Å²) < 4.78 is 0. The Morgan fingerprint density at radius 2 is 2.38 bits per heavy atom. The van der Waals surface area contributed by atoms with Crippen LogP contribution in [0.1, 0.15) is 32.7 Å². The number of hydrogen-bond donors (Lipinski definition) is 1. The highest BCUT2D eigenvalue weighted by Crippen LogP contribution is 2.39. The van der Waals surface area contributed by atoms with Crippen molar-refractivity contribution in [3.63, 3.8) is 0 Å². The average Bonchev–Trinajstić information content (AvgIpc) is 2.93. The highest BCUT2D eigenvalue weighted by atomic mass is 32.1. The van der Waals surface area contributed by atoms with Crippen molar-refractivity contribution in [3.05, 3.63) is 39.3 Å². The lowest BCUT2D eigenvalue weighted by Crippen LogP contribution is -2.24. The third-order valence-corrected chi connectivity index (χ3v) is 3.92. The van der Waals surface area contributed by atoms with Gasteiger partial charge in [-0.15, -0.1) is 11.3 Å². The molecule has 0 aromatic carbocycles. The molecule has 0 saturated carbocycles. The summed E-state index contributed by atoms with van der Waals surface area (Å²) in [5.41, 5.74) is 2.57. The molecule has 3 rings (SSSR count). The van der Waals surface area contributed by atoms with Gasteiger partial charge in [0, 0.05) is 23.2 Å². The molecule has 2 aromatic rings. The van der Waals surface area contributed by atoms with Crippen molar-refractivity contribution in [1.82, 2.24) is 15.1 Å². The predicted molar refractivity (Wildman–Crippen MR) is 61.6 cm³/mol. The minimum atomic E-state index is -0.00208. The highest BCUT2D eigenvalue weighted by Gasteiger charge is 2.39. The number of amides is 1. The quantitative estimate of drug-likeness (QED) is 0.818. The summed E-state index contributed by atoms with van der Waals surface area (Å²) in [4.78, 5) is 14.9. The van der Waals surface area contributed by atoms with Gasteiger partial charge < -0.3 is 4.90 Å². The number of hydrogen-bond acceptors (Lipinski definition) is 3. The van der Waals surface area contributed by atoms with Crippen molar-refractivity contribution >= 4 is 17.2 Å². The molecule has 1 unspecified atom stereocenters. The first-order valence-corrected chi connectivity index (χ1v) is 5.93. The van der Waals surface area contributed by atoms with Gasteiger partial charge in [0.05, 0.1) is 6.04 Å². The second kappa shape index (κ2) is 3.18. The van der Waals surface area contributed by atoms with Crippen LogP contribution in [-0.4, -0.2) is 28.1 Å². The molecule has 0 spiro atoms. The van der Waals surface area contributed by atoms with Crippen molar-refractivity contribution in [3.8, 4) is 0 Å². The van der Waals surface area contributed by atoms with E-state index in [2.05, 4.69) is 16.3 Å². The molecule has 1 aliphatic heterocycles. The van der Waals surface area contributed by atoms with Crippen molar-refractivity contribution in [2.24, 2.45) is 0 Å². The Morgan fingerprint density at radius 1 is 1.56 bits per heavy atom. The van der Waals surface area contributed by atoms with Crippen LogP contribution >= 0.6 is 11.3 Å². The maximum atomic E-state index is 12.0. The summed E-state index contributed by atoms with van der Waals surface area (Å²) in [6.07, 6.45) is 0. The van der Waals surface area contributed by atoms with Gasteiger partial charge in [-0.1, -0.05) is 6.07 Å². The zero-order valence-corrected chi connectivity index (χ0v) is 9.84. The Balaban J connectivity index is 2.20. The van der Waals surface area contributed by atoms with Crippen LogP contribution in [0.3, 0.4) is 0 Å². The Morgan fingerprint density at radius 3 is 3.06 bits per heavy atom. The fourth-order valence-electron chi connectivity index (χ4n) is 2.19. The number of fused-ring (bicyclic) bond motifs is 1. The van der Waals surface area contributed by atoms with Crippen molar-refractivity contribution in [1.29, 1.82) is 0 Å². The molecule has 16 heavy (non-hydrogen) atoms. The Labute approximate surface area is 96.9 Å². The SMILES string of the molecule is Cc1[nH]nc2c1C(c1cccs1)N(C)C2=O. The van der Waals surface area contributed by atoms with Crippen molar-refractivity contribution in [2.75, 3.05) is 7.05 Å². The van der Waals surface area contributed by atoms with Gasteiger partial charge in [-0.3, -0.25) is 9.89 Å². The van der Waals surface area contributed by atoms with Gasteiger partial charge in [-0.2, -0.15) is 5.10 Å². The Hall–Kier alpha value is -1.62. The number of nitrogens with one attached hydrogen (secondary N) is 1. The van der Waals surface area contributed by atoms with E-state index in [4.69, 9.17) is 0 Å². The molecular formula is C11H11N3OS. The predicted octanol–water partition coefficient (Wildman–Crippen LogP) is 1.95.